The van der Waals surface area contributed by atoms with Crippen molar-refractivity contribution >= 4 is 23.4 Å². The molecule has 0 radical (unpaired) electrons. The van der Waals surface area contributed by atoms with Gasteiger partial charge in [0.25, 0.3) is 5.91 Å². The minimum absolute atomic E-state index is 0.175. The van der Waals surface area contributed by atoms with Crippen LogP contribution in [0.5, 0.6) is 0 Å². The highest BCUT2D eigenvalue weighted by atomic mass is 32.2. The van der Waals surface area contributed by atoms with Gasteiger partial charge in [-0.3, -0.25) is 4.79 Å². The van der Waals surface area contributed by atoms with Crippen molar-refractivity contribution in [2.45, 2.75) is 38.9 Å². The summed E-state index contributed by atoms with van der Waals surface area (Å²) in [6.07, 6.45) is 1.05. The molecule has 0 unspecified atom stereocenters. The number of benzene rings is 1. The Labute approximate surface area is 132 Å². The van der Waals surface area contributed by atoms with E-state index < -0.39 is 0 Å². The Morgan fingerprint density at radius 1 is 1.38 bits per heavy atom. The first kappa shape index (κ1) is 16.2. The summed E-state index contributed by atoms with van der Waals surface area (Å²) in [7, 11) is 0. The second-order valence-electron chi connectivity index (χ2n) is 6.21. The van der Waals surface area contributed by atoms with Crippen LogP contribution in [0, 0.1) is 6.92 Å². The average Bonchev–Trinajstić information content (AvgIpc) is 2.60. The number of aryl methyl sites for hydroxylation is 1. The molecule has 2 rings (SSSR count). The molecule has 0 aromatic heterocycles. The molecule has 0 spiro atoms. The fourth-order valence-corrected chi connectivity index (χ4v) is 3.71. The van der Waals surface area contributed by atoms with Gasteiger partial charge in [-0.25, -0.2) is 0 Å². The van der Waals surface area contributed by atoms with E-state index in [-0.39, 0.29) is 10.7 Å². The average molecular weight is 306 g/mol. The van der Waals surface area contributed by atoms with Gasteiger partial charge in [0.1, 0.15) is 0 Å². The van der Waals surface area contributed by atoms with Crippen LogP contribution in [0.3, 0.4) is 0 Å². The molecule has 21 heavy (non-hydrogen) atoms. The van der Waals surface area contributed by atoms with Gasteiger partial charge < -0.3 is 10.2 Å². The molecule has 1 aromatic carbocycles. The zero-order chi connectivity index (χ0) is 15.5. The molecule has 1 amide bonds. The number of thioether (sulfide) groups is 1. The summed E-state index contributed by atoms with van der Waals surface area (Å²) in [5.74, 6) is 1.20. The third kappa shape index (κ3) is 4.16. The smallest absolute Gasteiger partial charge is 0.254 e. The van der Waals surface area contributed by atoms with E-state index in [1.165, 1.54) is 0 Å². The maximum absolute atomic E-state index is 12.7. The zero-order valence-electron chi connectivity index (χ0n) is 13.5. The molecule has 0 saturated carbocycles. The Hall–Kier alpha value is -1.16. The molecule has 0 atom stereocenters. The van der Waals surface area contributed by atoms with Crippen LogP contribution < -0.4 is 5.32 Å². The molecule has 0 aliphatic carbocycles. The lowest BCUT2D eigenvalue weighted by atomic mass is 10.1. The molecular weight excluding hydrogens is 280 g/mol. The molecule has 1 aliphatic rings. The van der Waals surface area contributed by atoms with Crippen LogP contribution in [0.4, 0.5) is 5.69 Å². The number of hydrogen-bond donors (Lipinski definition) is 1. The summed E-state index contributed by atoms with van der Waals surface area (Å²) >= 11 is 1.97. The standard InChI is InChI=1S/C17H26N2OS/c1-5-18-14-6-7-15(13(2)12-14)16(20)19-9-8-17(3,4)21-11-10-19/h6-7,12,18H,5,8-11H2,1-4H3. The molecule has 1 aliphatic heterocycles. The number of anilines is 1. The Bertz CT molecular complexity index is 514. The first-order valence-electron chi connectivity index (χ1n) is 7.71. The largest absolute Gasteiger partial charge is 0.385 e. The molecule has 1 aromatic rings. The Balaban J connectivity index is 2.12. The molecule has 1 heterocycles. The number of nitrogens with one attached hydrogen (secondary N) is 1. The van der Waals surface area contributed by atoms with Crippen molar-refractivity contribution < 1.29 is 4.79 Å². The van der Waals surface area contributed by atoms with E-state index in [0.717, 1.165) is 48.6 Å². The molecule has 0 bridgehead atoms. The van der Waals surface area contributed by atoms with Gasteiger partial charge in [-0.1, -0.05) is 13.8 Å². The molecular formula is C17H26N2OS. The maximum Gasteiger partial charge on any atom is 0.254 e. The van der Waals surface area contributed by atoms with Crippen molar-refractivity contribution in [3.63, 3.8) is 0 Å². The first-order valence-corrected chi connectivity index (χ1v) is 8.69. The topological polar surface area (TPSA) is 32.3 Å². The predicted octanol–water partition coefficient (Wildman–Crippen LogP) is 3.78. The van der Waals surface area contributed by atoms with Gasteiger partial charge in [0.2, 0.25) is 0 Å². The Kier molecular flexibility index (Phi) is 5.20. The number of rotatable bonds is 3. The third-order valence-corrected chi connectivity index (χ3v) is 5.34. The second kappa shape index (κ2) is 6.73. The molecule has 4 heteroatoms. The van der Waals surface area contributed by atoms with Crippen LogP contribution in [-0.2, 0) is 0 Å². The first-order chi connectivity index (χ1) is 9.93. The number of hydrogen-bond acceptors (Lipinski definition) is 3. The summed E-state index contributed by atoms with van der Waals surface area (Å²) in [5, 5.41) is 3.29. The van der Waals surface area contributed by atoms with Crippen molar-refractivity contribution in [1.82, 2.24) is 4.90 Å². The molecule has 116 valence electrons. The van der Waals surface area contributed by atoms with Crippen LogP contribution >= 0.6 is 11.8 Å². The summed E-state index contributed by atoms with van der Waals surface area (Å²) in [4.78, 5) is 14.8. The van der Waals surface area contributed by atoms with Crippen molar-refractivity contribution in [3.05, 3.63) is 29.3 Å². The number of carbonyl (C=O) groups excluding carboxylic acids is 1. The van der Waals surface area contributed by atoms with E-state index in [4.69, 9.17) is 0 Å². The van der Waals surface area contributed by atoms with E-state index in [1.54, 1.807) is 0 Å². The third-order valence-electron chi connectivity index (χ3n) is 3.96. The van der Waals surface area contributed by atoms with Crippen molar-refractivity contribution in [2.75, 3.05) is 30.7 Å². The van der Waals surface area contributed by atoms with Crippen LogP contribution in [0.15, 0.2) is 18.2 Å². The molecule has 1 saturated heterocycles. The number of nitrogens with zero attached hydrogens (tertiary/aromatic N) is 1. The van der Waals surface area contributed by atoms with Gasteiger partial charge in [-0.2, -0.15) is 11.8 Å². The van der Waals surface area contributed by atoms with E-state index in [2.05, 4.69) is 32.2 Å². The molecule has 1 N–H and O–H groups in total. The van der Waals surface area contributed by atoms with E-state index in [1.807, 2.05) is 35.7 Å². The van der Waals surface area contributed by atoms with Gasteiger partial charge >= 0.3 is 0 Å². The van der Waals surface area contributed by atoms with Crippen molar-refractivity contribution in [3.8, 4) is 0 Å². The number of amides is 1. The highest BCUT2D eigenvalue weighted by Crippen LogP contribution is 2.31. The normalized spacial score (nSPS) is 18.2. The summed E-state index contributed by atoms with van der Waals surface area (Å²) < 4.78 is 0.277. The maximum atomic E-state index is 12.7. The predicted molar refractivity (Wildman–Crippen MR) is 92.4 cm³/mol. The summed E-state index contributed by atoms with van der Waals surface area (Å²) in [5.41, 5.74) is 2.97. The van der Waals surface area contributed by atoms with Gasteiger partial charge in [-0.05, 0) is 44.0 Å². The minimum Gasteiger partial charge on any atom is -0.385 e. The summed E-state index contributed by atoms with van der Waals surface area (Å²) in [6, 6.07) is 6.02. The monoisotopic (exact) mass is 306 g/mol. The van der Waals surface area contributed by atoms with E-state index in [9.17, 15) is 4.79 Å². The van der Waals surface area contributed by atoms with Gasteiger partial charge in [-0.15, -0.1) is 0 Å². The van der Waals surface area contributed by atoms with Crippen LogP contribution in [-0.4, -0.2) is 40.9 Å². The molecule has 1 fully saturated rings. The van der Waals surface area contributed by atoms with Crippen molar-refractivity contribution in [1.29, 1.82) is 0 Å². The fraction of sp³-hybridized carbons (Fsp3) is 0.588. The van der Waals surface area contributed by atoms with Crippen LogP contribution in [0.1, 0.15) is 43.1 Å². The van der Waals surface area contributed by atoms with Gasteiger partial charge in [0.05, 0.1) is 0 Å². The highest BCUT2D eigenvalue weighted by Gasteiger charge is 2.26. The SMILES string of the molecule is CCNc1ccc(C(=O)N2CCSC(C)(C)CC2)c(C)c1. The lowest BCUT2D eigenvalue weighted by Gasteiger charge is -2.23. The lowest BCUT2D eigenvalue weighted by Crippen LogP contribution is -2.34. The Morgan fingerprint density at radius 2 is 2.14 bits per heavy atom. The Morgan fingerprint density at radius 3 is 2.81 bits per heavy atom. The highest BCUT2D eigenvalue weighted by molar-refractivity contribution is 8.00. The van der Waals surface area contributed by atoms with Crippen LogP contribution in [0.25, 0.3) is 0 Å². The minimum atomic E-state index is 0.175. The summed E-state index contributed by atoms with van der Waals surface area (Å²) in [6.45, 7) is 11.2. The second-order valence-corrected chi connectivity index (χ2v) is 8.01. The van der Waals surface area contributed by atoms with Crippen molar-refractivity contribution in [2.24, 2.45) is 0 Å². The molecule has 3 nitrogen and oxygen atoms in total. The lowest BCUT2D eigenvalue weighted by molar-refractivity contribution is 0.0764. The van der Waals surface area contributed by atoms with Gasteiger partial charge in [0, 0.05) is 41.4 Å². The van der Waals surface area contributed by atoms with Crippen LogP contribution in [0.2, 0.25) is 0 Å². The quantitative estimate of drug-likeness (QED) is 0.922. The number of carbonyl (C=O) groups is 1. The van der Waals surface area contributed by atoms with E-state index >= 15 is 0 Å². The van der Waals surface area contributed by atoms with Gasteiger partial charge in [0.15, 0.2) is 0 Å². The van der Waals surface area contributed by atoms with E-state index in [0.29, 0.717) is 0 Å². The fourth-order valence-electron chi connectivity index (χ4n) is 2.61. The zero-order valence-corrected chi connectivity index (χ0v) is 14.3.